The van der Waals surface area contributed by atoms with Crippen LogP contribution in [0.3, 0.4) is 0 Å². The van der Waals surface area contributed by atoms with Crippen LogP contribution in [-0.4, -0.2) is 19.1 Å². The van der Waals surface area contributed by atoms with Gasteiger partial charge in [-0.1, -0.05) is 17.7 Å². The minimum atomic E-state index is -0.356. The van der Waals surface area contributed by atoms with E-state index in [-0.39, 0.29) is 11.9 Å². The van der Waals surface area contributed by atoms with Crippen molar-refractivity contribution in [2.45, 2.75) is 6.04 Å². The van der Waals surface area contributed by atoms with E-state index in [0.717, 1.165) is 5.56 Å². The molecule has 0 radical (unpaired) electrons. The summed E-state index contributed by atoms with van der Waals surface area (Å²) in [5.74, 6) is 0.252. The molecule has 0 bridgehead atoms. The van der Waals surface area contributed by atoms with E-state index in [1.807, 2.05) is 0 Å². The van der Waals surface area contributed by atoms with Gasteiger partial charge in [0.1, 0.15) is 11.6 Å². The molecular weight excluding hydrogens is 267 g/mol. The topological polar surface area (TPSA) is 34.2 Å². The molecule has 2 rings (SSSR count). The highest BCUT2D eigenvalue weighted by Crippen LogP contribution is 2.31. The molecule has 1 unspecified atom stereocenters. The average Bonchev–Trinajstić information content (AvgIpc) is 2.42. The van der Waals surface area contributed by atoms with Crippen LogP contribution >= 0.6 is 11.6 Å². The van der Waals surface area contributed by atoms with Crippen LogP contribution in [0.15, 0.2) is 36.7 Å². The van der Waals surface area contributed by atoms with E-state index in [1.165, 1.54) is 6.07 Å². The summed E-state index contributed by atoms with van der Waals surface area (Å²) in [6.45, 7) is 0. The summed E-state index contributed by atoms with van der Waals surface area (Å²) in [6.07, 6.45) is 3.25. The second kappa shape index (κ2) is 5.99. The molecule has 0 saturated heterocycles. The number of ether oxygens (including phenoxy) is 1. The summed E-state index contributed by atoms with van der Waals surface area (Å²) in [6, 6.07) is 6.11. The molecule has 1 atom stereocenters. The van der Waals surface area contributed by atoms with Crippen molar-refractivity contribution in [1.29, 1.82) is 0 Å². The smallest absolute Gasteiger partial charge is 0.142 e. The molecule has 0 amide bonds. The standard InChI is InChI=1S/C14H14ClFN2O/c1-17-14(10-4-3-9(15)7-12(10)16)11-5-6-18-8-13(11)19-2/h3-8,14,17H,1-2H3. The first-order valence-electron chi connectivity index (χ1n) is 5.77. The number of benzene rings is 1. The Morgan fingerprint density at radius 2 is 2.11 bits per heavy atom. The molecule has 5 heteroatoms. The fourth-order valence-electron chi connectivity index (χ4n) is 2.01. The van der Waals surface area contributed by atoms with E-state index in [0.29, 0.717) is 16.3 Å². The molecular formula is C14H14ClFN2O. The second-order valence-corrected chi connectivity index (χ2v) is 4.44. The number of methoxy groups -OCH3 is 1. The lowest BCUT2D eigenvalue weighted by Gasteiger charge is -2.20. The van der Waals surface area contributed by atoms with E-state index >= 15 is 0 Å². The van der Waals surface area contributed by atoms with Crippen LogP contribution in [0.2, 0.25) is 5.02 Å². The fraction of sp³-hybridized carbons (Fsp3) is 0.214. The molecule has 3 nitrogen and oxygen atoms in total. The van der Waals surface area contributed by atoms with Crippen molar-refractivity contribution < 1.29 is 9.13 Å². The first-order valence-corrected chi connectivity index (χ1v) is 6.15. The predicted molar refractivity (Wildman–Crippen MR) is 73.1 cm³/mol. The lowest BCUT2D eigenvalue weighted by Crippen LogP contribution is -2.19. The summed E-state index contributed by atoms with van der Waals surface area (Å²) in [7, 11) is 3.32. The summed E-state index contributed by atoms with van der Waals surface area (Å²) in [5.41, 5.74) is 1.33. The van der Waals surface area contributed by atoms with Crippen LogP contribution in [0.25, 0.3) is 0 Å². The molecule has 0 aliphatic heterocycles. The summed E-state index contributed by atoms with van der Waals surface area (Å²) >= 11 is 5.77. The van der Waals surface area contributed by atoms with E-state index in [4.69, 9.17) is 16.3 Å². The van der Waals surface area contributed by atoms with Gasteiger partial charge in [0.25, 0.3) is 0 Å². The molecule has 1 heterocycles. The third-order valence-electron chi connectivity index (χ3n) is 2.91. The summed E-state index contributed by atoms with van der Waals surface area (Å²) < 4.78 is 19.3. The quantitative estimate of drug-likeness (QED) is 0.934. The number of pyridine rings is 1. The van der Waals surface area contributed by atoms with Crippen molar-refractivity contribution in [2.24, 2.45) is 0 Å². The maximum absolute atomic E-state index is 14.0. The van der Waals surface area contributed by atoms with Gasteiger partial charge < -0.3 is 10.1 Å². The molecule has 1 aromatic carbocycles. The van der Waals surface area contributed by atoms with Crippen molar-refractivity contribution in [1.82, 2.24) is 10.3 Å². The Hall–Kier alpha value is -1.65. The summed E-state index contributed by atoms with van der Waals surface area (Å²) in [4.78, 5) is 4.00. The van der Waals surface area contributed by atoms with Crippen molar-refractivity contribution in [2.75, 3.05) is 14.2 Å². The number of nitrogens with zero attached hydrogens (tertiary/aromatic N) is 1. The first-order chi connectivity index (χ1) is 9.17. The lowest BCUT2D eigenvalue weighted by atomic mass is 9.98. The Morgan fingerprint density at radius 3 is 2.74 bits per heavy atom. The number of aromatic nitrogens is 1. The van der Waals surface area contributed by atoms with E-state index < -0.39 is 0 Å². The zero-order chi connectivity index (χ0) is 13.8. The first kappa shape index (κ1) is 13.8. The molecule has 0 spiro atoms. The van der Waals surface area contributed by atoms with Gasteiger partial charge in [-0.2, -0.15) is 0 Å². The Balaban J connectivity index is 2.50. The highest BCUT2D eigenvalue weighted by molar-refractivity contribution is 6.30. The molecule has 0 fully saturated rings. The van der Waals surface area contributed by atoms with E-state index in [9.17, 15) is 4.39 Å². The van der Waals surface area contributed by atoms with E-state index in [1.54, 1.807) is 44.8 Å². The monoisotopic (exact) mass is 280 g/mol. The summed E-state index contributed by atoms with van der Waals surface area (Å²) in [5, 5.41) is 3.45. The molecule has 2 aromatic rings. The van der Waals surface area contributed by atoms with Crippen LogP contribution in [0.1, 0.15) is 17.2 Å². The molecule has 1 aromatic heterocycles. The van der Waals surface area contributed by atoms with Gasteiger partial charge in [-0.15, -0.1) is 0 Å². The number of hydrogen-bond donors (Lipinski definition) is 1. The maximum atomic E-state index is 14.0. The number of halogens is 2. The van der Waals surface area contributed by atoms with Crippen LogP contribution in [0, 0.1) is 5.82 Å². The molecule has 0 aliphatic rings. The van der Waals surface area contributed by atoms with Gasteiger partial charge >= 0.3 is 0 Å². The van der Waals surface area contributed by atoms with Gasteiger partial charge in [0.05, 0.1) is 19.3 Å². The number of rotatable bonds is 4. The fourth-order valence-corrected chi connectivity index (χ4v) is 2.17. The molecule has 0 saturated carbocycles. The van der Waals surface area contributed by atoms with Gasteiger partial charge in [0, 0.05) is 22.3 Å². The minimum Gasteiger partial charge on any atom is -0.495 e. The zero-order valence-electron chi connectivity index (χ0n) is 10.7. The third kappa shape index (κ3) is 2.85. The van der Waals surface area contributed by atoms with Crippen molar-refractivity contribution >= 4 is 11.6 Å². The van der Waals surface area contributed by atoms with Gasteiger partial charge in [-0.05, 0) is 25.2 Å². The van der Waals surface area contributed by atoms with Gasteiger partial charge in [-0.3, -0.25) is 4.98 Å². The van der Waals surface area contributed by atoms with Crippen LogP contribution in [0.5, 0.6) is 5.75 Å². The lowest BCUT2D eigenvalue weighted by molar-refractivity contribution is 0.402. The number of nitrogens with one attached hydrogen (secondary N) is 1. The molecule has 100 valence electrons. The van der Waals surface area contributed by atoms with Gasteiger partial charge in [0.15, 0.2) is 0 Å². The molecule has 1 N–H and O–H groups in total. The van der Waals surface area contributed by atoms with Gasteiger partial charge in [-0.25, -0.2) is 4.39 Å². The van der Waals surface area contributed by atoms with Crippen molar-refractivity contribution in [3.05, 3.63) is 58.6 Å². The minimum absolute atomic E-state index is 0.324. The Labute approximate surface area is 116 Å². The molecule has 19 heavy (non-hydrogen) atoms. The Bertz CT molecular complexity index is 577. The normalized spacial score (nSPS) is 12.2. The highest BCUT2D eigenvalue weighted by Gasteiger charge is 2.19. The highest BCUT2D eigenvalue weighted by atomic mass is 35.5. The van der Waals surface area contributed by atoms with Crippen LogP contribution in [0.4, 0.5) is 4.39 Å². The molecule has 0 aliphatic carbocycles. The SMILES string of the molecule is CNC(c1ccc(Cl)cc1F)c1ccncc1OC. The van der Waals surface area contributed by atoms with E-state index in [2.05, 4.69) is 10.3 Å². The number of hydrogen-bond acceptors (Lipinski definition) is 3. The Morgan fingerprint density at radius 1 is 1.32 bits per heavy atom. The van der Waals surface area contributed by atoms with Crippen molar-refractivity contribution in [3.63, 3.8) is 0 Å². The van der Waals surface area contributed by atoms with Crippen LogP contribution < -0.4 is 10.1 Å². The largest absolute Gasteiger partial charge is 0.495 e. The second-order valence-electron chi connectivity index (χ2n) is 4.01. The maximum Gasteiger partial charge on any atom is 0.142 e. The predicted octanol–water partition coefficient (Wildman–Crippen LogP) is 3.19. The zero-order valence-corrected chi connectivity index (χ0v) is 11.4. The average molecular weight is 281 g/mol. The van der Waals surface area contributed by atoms with Gasteiger partial charge in [0.2, 0.25) is 0 Å². The van der Waals surface area contributed by atoms with Crippen LogP contribution in [-0.2, 0) is 0 Å². The Kier molecular flexibility index (Phi) is 4.35. The third-order valence-corrected chi connectivity index (χ3v) is 3.14. The van der Waals surface area contributed by atoms with Crippen molar-refractivity contribution in [3.8, 4) is 5.75 Å².